The van der Waals surface area contributed by atoms with Crippen molar-refractivity contribution in [2.75, 3.05) is 0 Å². The number of nitrogens with zero attached hydrogens (tertiary/aromatic N) is 1. The molecule has 0 radical (unpaired) electrons. The van der Waals surface area contributed by atoms with Gasteiger partial charge in [-0.1, -0.05) is 0 Å². The van der Waals surface area contributed by atoms with Gasteiger partial charge in [0.1, 0.15) is 17.0 Å². The lowest BCUT2D eigenvalue weighted by molar-refractivity contribution is 0.303. The molecular formula is C10H8BrNO2. The third-order valence-electron chi connectivity index (χ3n) is 1.69. The Morgan fingerprint density at radius 1 is 1.36 bits per heavy atom. The van der Waals surface area contributed by atoms with E-state index in [2.05, 4.69) is 20.9 Å². The summed E-state index contributed by atoms with van der Waals surface area (Å²) in [4.78, 5) is 4.05. The minimum absolute atomic E-state index is 0.500. The van der Waals surface area contributed by atoms with Gasteiger partial charge in [0.05, 0.1) is 18.7 Å². The second-order valence-corrected chi connectivity index (χ2v) is 3.55. The maximum absolute atomic E-state index is 5.46. The molecule has 2 heterocycles. The predicted molar refractivity (Wildman–Crippen MR) is 55.0 cm³/mol. The van der Waals surface area contributed by atoms with Crippen LogP contribution in [0.25, 0.3) is 0 Å². The highest BCUT2D eigenvalue weighted by Gasteiger charge is 1.97. The topological polar surface area (TPSA) is 35.3 Å². The molecule has 0 aromatic carbocycles. The van der Waals surface area contributed by atoms with Crippen LogP contribution in [0.4, 0.5) is 0 Å². The van der Waals surface area contributed by atoms with Crippen molar-refractivity contribution < 1.29 is 9.15 Å². The van der Waals surface area contributed by atoms with Crippen LogP contribution in [0.1, 0.15) is 5.56 Å². The van der Waals surface area contributed by atoms with Crippen LogP contribution in [-0.4, -0.2) is 4.98 Å². The van der Waals surface area contributed by atoms with Crippen molar-refractivity contribution in [3.8, 4) is 5.75 Å². The Labute approximate surface area is 89.8 Å². The smallest absolute Gasteiger partial charge is 0.138 e. The van der Waals surface area contributed by atoms with Gasteiger partial charge >= 0.3 is 0 Å². The van der Waals surface area contributed by atoms with Crippen molar-refractivity contribution >= 4 is 15.9 Å². The molecule has 0 aliphatic heterocycles. The first-order valence-electron chi connectivity index (χ1n) is 4.10. The van der Waals surface area contributed by atoms with Crippen LogP contribution in [0.2, 0.25) is 0 Å². The number of furan rings is 1. The Bertz CT molecular complexity index is 383. The lowest BCUT2D eigenvalue weighted by atomic mass is 10.4. The molecule has 0 aliphatic carbocycles. The Hall–Kier alpha value is -1.29. The fourth-order valence-corrected chi connectivity index (χ4v) is 1.22. The summed E-state index contributed by atoms with van der Waals surface area (Å²) in [6, 6.07) is 5.56. The molecule has 0 saturated carbocycles. The second kappa shape index (κ2) is 4.28. The third kappa shape index (κ3) is 2.35. The highest BCUT2D eigenvalue weighted by Crippen LogP contribution is 2.14. The van der Waals surface area contributed by atoms with E-state index < -0.39 is 0 Å². The van der Waals surface area contributed by atoms with Gasteiger partial charge < -0.3 is 9.15 Å². The van der Waals surface area contributed by atoms with E-state index in [1.54, 1.807) is 18.7 Å². The molecule has 0 spiro atoms. The van der Waals surface area contributed by atoms with Crippen LogP contribution < -0.4 is 4.74 Å². The quantitative estimate of drug-likeness (QED) is 0.789. The molecule has 0 fully saturated rings. The average molecular weight is 254 g/mol. The highest BCUT2D eigenvalue weighted by molar-refractivity contribution is 9.10. The minimum Gasteiger partial charge on any atom is -0.487 e. The van der Waals surface area contributed by atoms with Crippen molar-refractivity contribution in [2.24, 2.45) is 0 Å². The molecular weight excluding hydrogens is 246 g/mol. The first-order chi connectivity index (χ1) is 6.84. The van der Waals surface area contributed by atoms with E-state index in [4.69, 9.17) is 9.15 Å². The van der Waals surface area contributed by atoms with Gasteiger partial charge in [0.15, 0.2) is 0 Å². The fourth-order valence-electron chi connectivity index (χ4n) is 0.989. The van der Waals surface area contributed by atoms with Crippen molar-refractivity contribution in [3.05, 3.63) is 47.1 Å². The summed E-state index contributed by atoms with van der Waals surface area (Å²) in [6.45, 7) is 0.500. The maximum Gasteiger partial charge on any atom is 0.138 e. The van der Waals surface area contributed by atoms with Gasteiger partial charge in [0, 0.05) is 5.56 Å². The number of ether oxygens (including phenoxy) is 1. The van der Waals surface area contributed by atoms with Gasteiger partial charge in [-0.25, -0.2) is 4.98 Å². The summed E-state index contributed by atoms with van der Waals surface area (Å²) in [7, 11) is 0. The van der Waals surface area contributed by atoms with E-state index in [-0.39, 0.29) is 0 Å². The van der Waals surface area contributed by atoms with E-state index in [1.807, 2.05) is 18.2 Å². The summed E-state index contributed by atoms with van der Waals surface area (Å²) < 4.78 is 11.2. The molecule has 0 atom stereocenters. The molecule has 0 bridgehead atoms. The molecule has 72 valence electrons. The van der Waals surface area contributed by atoms with Crippen molar-refractivity contribution in [2.45, 2.75) is 6.61 Å². The number of aromatic nitrogens is 1. The van der Waals surface area contributed by atoms with Crippen LogP contribution in [0.3, 0.4) is 0 Å². The number of hydrogen-bond acceptors (Lipinski definition) is 3. The monoisotopic (exact) mass is 253 g/mol. The van der Waals surface area contributed by atoms with Gasteiger partial charge in [0.2, 0.25) is 0 Å². The second-order valence-electron chi connectivity index (χ2n) is 2.74. The zero-order chi connectivity index (χ0) is 9.80. The first kappa shape index (κ1) is 9.27. The largest absolute Gasteiger partial charge is 0.487 e. The van der Waals surface area contributed by atoms with E-state index in [1.165, 1.54) is 0 Å². The van der Waals surface area contributed by atoms with Gasteiger partial charge in [-0.3, -0.25) is 0 Å². The van der Waals surface area contributed by atoms with E-state index >= 15 is 0 Å². The summed E-state index contributed by atoms with van der Waals surface area (Å²) in [5, 5.41) is 0. The van der Waals surface area contributed by atoms with E-state index in [0.717, 1.165) is 15.9 Å². The number of rotatable bonds is 3. The number of halogens is 1. The lowest BCUT2D eigenvalue weighted by Gasteiger charge is -2.02. The summed E-state index contributed by atoms with van der Waals surface area (Å²) in [5.41, 5.74) is 1.01. The predicted octanol–water partition coefficient (Wildman–Crippen LogP) is 3.02. The van der Waals surface area contributed by atoms with Gasteiger partial charge in [-0.15, -0.1) is 0 Å². The average Bonchev–Trinajstić information content (AvgIpc) is 2.70. The standard InChI is InChI=1S/C10H8BrNO2/c11-10-2-1-9(5-12-10)14-7-8-3-4-13-6-8/h1-6H,7H2. The third-order valence-corrected chi connectivity index (χ3v) is 2.15. The summed E-state index contributed by atoms with van der Waals surface area (Å²) in [6.07, 6.45) is 4.95. The number of pyridine rings is 1. The molecule has 0 amide bonds. The van der Waals surface area contributed by atoms with Crippen molar-refractivity contribution in [3.63, 3.8) is 0 Å². The van der Waals surface area contributed by atoms with Gasteiger partial charge in [-0.2, -0.15) is 0 Å². The Balaban J connectivity index is 1.95. The zero-order valence-corrected chi connectivity index (χ0v) is 8.90. The number of hydrogen-bond donors (Lipinski definition) is 0. The maximum atomic E-state index is 5.46. The van der Waals surface area contributed by atoms with Crippen LogP contribution in [0.5, 0.6) is 5.75 Å². The molecule has 2 aromatic heterocycles. The molecule has 14 heavy (non-hydrogen) atoms. The molecule has 0 unspecified atom stereocenters. The molecule has 0 saturated heterocycles. The Morgan fingerprint density at radius 3 is 2.93 bits per heavy atom. The Morgan fingerprint density at radius 2 is 2.29 bits per heavy atom. The molecule has 0 aliphatic rings. The molecule has 4 heteroatoms. The summed E-state index contributed by atoms with van der Waals surface area (Å²) in [5.74, 6) is 0.745. The van der Waals surface area contributed by atoms with Crippen molar-refractivity contribution in [1.29, 1.82) is 0 Å². The van der Waals surface area contributed by atoms with Crippen LogP contribution >= 0.6 is 15.9 Å². The normalized spacial score (nSPS) is 10.1. The zero-order valence-electron chi connectivity index (χ0n) is 7.31. The van der Waals surface area contributed by atoms with E-state index in [0.29, 0.717) is 6.61 Å². The van der Waals surface area contributed by atoms with Crippen molar-refractivity contribution in [1.82, 2.24) is 4.98 Å². The summed E-state index contributed by atoms with van der Waals surface area (Å²) >= 11 is 3.25. The van der Waals surface area contributed by atoms with E-state index in [9.17, 15) is 0 Å². The fraction of sp³-hybridized carbons (Fsp3) is 0.100. The lowest BCUT2D eigenvalue weighted by Crippen LogP contribution is -1.93. The first-order valence-corrected chi connectivity index (χ1v) is 4.89. The highest BCUT2D eigenvalue weighted by atomic mass is 79.9. The molecule has 0 N–H and O–H groups in total. The molecule has 2 aromatic rings. The van der Waals surface area contributed by atoms with Gasteiger partial charge in [0.25, 0.3) is 0 Å². The molecule has 3 nitrogen and oxygen atoms in total. The van der Waals surface area contributed by atoms with Crippen LogP contribution in [0.15, 0.2) is 45.9 Å². The van der Waals surface area contributed by atoms with Crippen LogP contribution in [0, 0.1) is 0 Å². The minimum atomic E-state index is 0.500. The Kier molecular flexibility index (Phi) is 2.84. The SMILES string of the molecule is Brc1ccc(OCc2ccoc2)cn1. The molecule has 2 rings (SSSR count). The van der Waals surface area contributed by atoms with Gasteiger partial charge in [-0.05, 0) is 34.1 Å². The van der Waals surface area contributed by atoms with Crippen LogP contribution in [-0.2, 0) is 6.61 Å².